The monoisotopic (exact) mass is 445 g/mol. The van der Waals surface area contributed by atoms with Crippen LogP contribution in [0.4, 0.5) is 13.2 Å². The first-order valence-electron chi connectivity index (χ1n) is 7.11. The van der Waals surface area contributed by atoms with Gasteiger partial charge in [0.25, 0.3) is 0 Å². The van der Waals surface area contributed by atoms with Crippen molar-refractivity contribution in [2.45, 2.75) is 39.9 Å². The van der Waals surface area contributed by atoms with E-state index in [-0.39, 0.29) is 36.3 Å². The molecule has 1 aromatic rings. The Morgan fingerprint density at radius 1 is 1.17 bits per heavy atom. The summed E-state index contributed by atoms with van der Waals surface area (Å²) in [5, 5.41) is 15.3. The second kappa shape index (κ2) is 9.84. The number of halogens is 4. The largest absolute Gasteiger partial charge is 0.507 e. The molecule has 0 atom stereocenters. The van der Waals surface area contributed by atoms with Crippen molar-refractivity contribution in [3.8, 4) is 5.75 Å². The zero-order valence-corrected chi connectivity index (χ0v) is 15.8. The van der Waals surface area contributed by atoms with Gasteiger partial charge in [0, 0.05) is 13.1 Å². The molecule has 0 fully saturated rings. The van der Waals surface area contributed by atoms with Crippen molar-refractivity contribution in [3.63, 3.8) is 0 Å². The number of aliphatic imine (C=N–C) groups is 1. The van der Waals surface area contributed by atoms with Gasteiger partial charge >= 0.3 is 6.18 Å². The van der Waals surface area contributed by atoms with Gasteiger partial charge in [-0.25, -0.2) is 4.99 Å². The minimum atomic E-state index is -4.19. The predicted octanol–water partition coefficient (Wildman–Crippen LogP) is 3.63. The summed E-state index contributed by atoms with van der Waals surface area (Å²) in [4.78, 5) is 4.26. The van der Waals surface area contributed by atoms with E-state index < -0.39 is 12.6 Å². The van der Waals surface area contributed by atoms with Crippen LogP contribution in [-0.4, -0.2) is 30.3 Å². The van der Waals surface area contributed by atoms with Gasteiger partial charge in [0.05, 0.1) is 13.0 Å². The van der Waals surface area contributed by atoms with Gasteiger partial charge in [-0.05, 0) is 37.5 Å². The summed E-state index contributed by atoms with van der Waals surface area (Å²) in [5.74, 6) is 0.595. The Morgan fingerprint density at radius 2 is 1.74 bits per heavy atom. The lowest BCUT2D eigenvalue weighted by Gasteiger charge is -2.13. The number of nitrogens with zero attached hydrogens (tertiary/aromatic N) is 1. The molecule has 132 valence electrons. The highest BCUT2D eigenvalue weighted by molar-refractivity contribution is 14.0. The van der Waals surface area contributed by atoms with Crippen molar-refractivity contribution in [1.29, 1.82) is 0 Å². The fourth-order valence-electron chi connectivity index (χ4n) is 1.97. The molecule has 0 radical (unpaired) electrons. The van der Waals surface area contributed by atoms with Gasteiger partial charge in [-0.15, -0.1) is 24.0 Å². The molecule has 0 aliphatic heterocycles. The average molecular weight is 445 g/mol. The van der Waals surface area contributed by atoms with Gasteiger partial charge in [-0.2, -0.15) is 13.2 Å². The average Bonchev–Trinajstić information content (AvgIpc) is 2.40. The molecule has 8 heteroatoms. The lowest BCUT2D eigenvalue weighted by atomic mass is 10.1. The minimum absolute atomic E-state index is 0. The fourth-order valence-corrected chi connectivity index (χ4v) is 1.97. The molecule has 1 rings (SSSR count). The Kier molecular flexibility index (Phi) is 9.33. The number of guanidine groups is 1. The number of alkyl halides is 3. The molecule has 0 aliphatic carbocycles. The Morgan fingerprint density at radius 3 is 2.22 bits per heavy atom. The van der Waals surface area contributed by atoms with Crippen molar-refractivity contribution in [1.82, 2.24) is 10.6 Å². The van der Waals surface area contributed by atoms with Crippen LogP contribution in [0.3, 0.4) is 0 Å². The zero-order valence-electron chi connectivity index (χ0n) is 13.4. The van der Waals surface area contributed by atoms with Crippen LogP contribution in [0.5, 0.6) is 5.75 Å². The van der Waals surface area contributed by atoms with Crippen LogP contribution in [0.1, 0.15) is 30.0 Å². The van der Waals surface area contributed by atoms with Gasteiger partial charge in [-0.3, -0.25) is 0 Å². The first kappa shape index (κ1) is 21.8. The zero-order chi connectivity index (χ0) is 16.8. The molecular formula is C15H23F3IN3O. The highest BCUT2D eigenvalue weighted by atomic mass is 127. The van der Waals surface area contributed by atoms with E-state index in [0.29, 0.717) is 19.0 Å². The lowest BCUT2D eigenvalue weighted by Crippen LogP contribution is -2.38. The van der Waals surface area contributed by atoms with Gasteiger partial charge in [-0.1, -0.05) is 12.1 Å². The van der Waals surface area contributed by atoms with Gasteiger partial charge < -0.3 is 15.7 Å². The second-order valence-electron chi connectivity index (χ2n) is 5.07. The van der Waals surface area contributed by atoms with Crippen LogP contribution in [-0.2, 0) is 6.54 Å². The molecule has 4 nitrogen and oxygen atoms in total. The highest BCUT2D eigenvalue weighted by Gasteiger charge is 2.26. The van der Waals surface area contributed by atoms with Crippen LogP contribution in [0.2, 0.25) is 0 Å². The normalized spacial score (nSPS) is 11.8. The first-order valence-corrected chi connectivity index (χ1v) is 7.11. The number of aryl methyl sites for hydroxylation is 2. The second-order valence-corrected chi connectivity index (χ2v) is 5.07. The van der Waals surface area contributed by atoms with Crippen molar-refractivity contribution < 1.29 is 18.3 Å². The lowest BCUT2D eigenvalue weighted by molar-refractivity contribution is -0.132. The van der Waals surface area contributed by atoms with Crippen molar-refractivity contribution in [2.24, 2.45) is 4.99 Å². The van der Waals surface area contributed by atoms with Gasteiger partial charge in [0.2, 0.25) is 0 Å². The molecule has 0 saturated heterocycles. The maximum Gasteiger partial charge on any atom is 0.390 e. The van der Waals surface area contributed by atoms with E-state index in [4.69, 9.17) is 0 Å². The third kappa shape index (κ3) is 8.29. The van der Waals surface area contributed by atoms with Crippen molar-refractivity contribution in [3.05, 3.63) is 28.8 Å². The summed E-state index contributed by atoms with van der Waals surface area (Å²) in [6, 6.07) is 3.62. The smallest absolute Gasteiger partial charge is 0.390 e. The van der Waals surface area contributed by atoms with Crippen LogP contribution in [0, 0.1) is 13.8 Å². The van der Waals surface area contributed by atoms with E-state index in [1.807, 2.05) is 19.1 Å². The maximum atomic E-state index is 12.1. The van der Waals surface area contributed by atoms with E-state index in [0.717, 1.165) is 16.7 Å². The number of phenols is 1. The first-order chi connectivity index (χ1) is 10.2. The number of nitrogens with one attached hydrogen (secondary N) is 2. The van der Waals surface area contributed by atoms with Crippen molar-refractivity contribution in [2.75, 3.05) is 13.1 Å². The number of benzene rings is 1. The van der Waals surface area contributed by atoms with E-state index in [2.05, 4.69) is 15.6 Å². The fraction of sp³-hybridized carbons (Fsp3) is 0.533. The predicted molar refractivity (Wildman–Crippen MR) is 96.5 cm³/mol. The topological polar surface area (TPSA) is 56.7 Å². The molecule has 0 heterocycles. The highest BCUT2D eigenvalue weighted by Crippen LogP contribution is 2.23. The van der Waals surface area contributed by atoms with E-state index >= 15 is 0 Å². The van der Waals surface area contributed by atoms with Crippen LogP contribution >= 0.6 is 24.0 Å². The van der Waals surface area contributed by atoms with Gasteiger partial charge in [0.15, 0.2) is 5.96 Å². The summed E-state index contributed by atoms with van der Waals surface area (Å²) in [7, 11) is 0. The Bertz CT molecular complexity index is 510. The molecule has 0 unspecified atom stereocenters. The van der Waals surface area contributed by atoms with E-state index in [1.165, 1.54) is 0 Å². The Labute approximate surface area is 151 Å². The third-order valence-electron chi connectivity index (χ3n) is 3.02. The number of hydrogen-bond donors (Lipinski definition) is 3. The molecular weight excluding hydrogens is 422 g/mol. The maximum absolute atomic E-state index is 12.1. The summed E-state index contributed by atoms with van der Waals surface area (Å²) in [6.07, 6.45) is -5.09. The third-order valence-corrected chi connectivity index (χ3v) is 3.02. The van der Waals surface area contributed by atoms with Gasteiger partial charge in [0.1, 0.15) is 5.75 Å². The number of rotatable bonds is 5. The molecule has 23 heavy (non-hydrogen) atoms. The molecule has 0 saturated carbocycles. The summed E-state index contributed by atoms with van der Waals surface area (Å²) in [6.45, 7) is 6.10. The quantitative estimate of drug-likeness (QED) is 0.369. The van der Waals surface area contributed by atoms with E-state index in [1.54, 1.807) is 13.8 Å². The summed E-state index contributed by atoms with van der Waals surface area (Å²) in [5.41, 5.74) is 2.39. The van der Waals surface area contributed by atoms with Crippen molar-refractivity contribution >= 4 is 29.9 Å². The van der Waals surface area contributed by atoms with E-state index in [9.17, 15) is 18.3 Å². The number of hydrogen-bond acceptors (Lipinski definition) is 2. The standard InChI is InChI=1S/C15H22F3N3O.HI/c1-4-19-14(20-6-5-15(16,17)18)21-9-12-7-10(2)13(22)11(3)8-12;/h7-8,22H,4-6,9H2,1-3H3,(H2,19,20,21);1H. The van der Waals surface area contributed by atoms with Crippen LogP contribution in [0.15, 0.2) is 17.1 Å². The molecule has 0 aliphatic rings. The Balaban J connectivity index is 0.00000484. The molecule has 0 amide bonds. The summed E-state index contributed by atoms with van der Waals surface area (Å²) < 4.78 is 36.4. The number of phenolic OH excluding ortho intramolecular Hbond substituents is 1. The molecule has 1 aromatic carbocycles. The summed E-state index contributed by atoms with van der Waals surface area (Å²) >= 11 is 0. The molecule has 0 spiro atoms. The minimum Gasteiger partial charge on any atom is -0.507 e. The SMILES string of the molecule is CCNC(=NCc1cc(C)c(O)c(C)c1)NCCC(F)(F)F.I. The van der Waals surface area contributed by atoms with Crippen LogP contribution in [0.25, 0.3) is 0 Å². The molecule has 0 bridgehead atoms. The molecule has 0 aromatic heterocycles. The molecule has 3 N–H and O–H groups in total. The Hall–Kier alpha value is -1.19. The number of aromatic hydroxyl groups is 1. The van der Waals surface area contributed by atoms with Crippen LogP contribution < -0.4 is 10.6 Å².